The van der Waals surface area contributed by atoms with Crippen molar-refractivity contribution in [2.45, 2.75) is 70.1 Å². The minimum Gasteiger partial charge on any atom is -0.480 e. The lowest BCUT2D eigenvalue weighted by Gasteiger charge is -2.30. The van der Waals surface area contributed by atoms with Crippen LogP contribution >= 0.6 is 0 Å². The summed E-state index contributed by atoms with van der Waals surface area (Å²) >= 11 is 0. The van der Waals surface area contributed by atoms with Gasteiger partial charge >= 0.3 is 5.97 Å². The van der Waals surface area contributed by atoms with Gasteiger partial charge in [0, 0.05) is 43.2 Å². The molecule has 2 aromatic heterocycles. The molecule has 3 rings (SSSR count). The number of amides is 3. The first-order chi connectivity index (χ1) is 17.2. The summed E-state index contributed by atoms with van der Waals surface area (Å²) < 4.78 is 0. The van der Waals surface area contributed by atoms with Crippen molar-refractivity contribution in [1.82, 2.24) is 35.5 Å². The number of nitrogens with zero attached hydrogens (tertiary/aromatic N) is 3. The Bertz CT molecular complexity index is 1020. The van der Waals surface area contributed by atoms with E-state index in [-0.39, 0.29) is 18.8 Å². The first-order valence-electron chi connectivity index (χ1n) is 12.0. The van der Waals surface area contributed by atoms with Crippen LogP contribution in [0.1, 0.15) is 44.5 Å². The van der Waals surface area contributed by atoms with Crippen molar-refractivity contribution in [3.8, 4) is 0 Å². The molecule has 1 aliphatic heterocycles. The number of carbonyl (C=O) groups is 4. The van der Waals surface area contributed by atoms with Crippen molar-refractivity contribution in [2.75, 3.05) is 6.54 Å². The van der Waals surface area contributed by atoms with Gasteiger partial charge in [0.1, 0.15) is 18.1 Å². The first-order valence-corrected chi connectivity index (χ1v) is 12.0. The topological polar surface area (TPSA) is 199 Å². The Morgan fingerprint density at radius 3 is 2.22 bits per heavy atom. The van der Waals surface area contributed by atoms with Crippen LogP contribution in [-0.4, -0.2) is 84.3 Å². The van der Waals surface area contributed by atoms with E-state index >= 15 is 0 Å². The molecule has 3 heterocycles. The molecular formula is C23H34N8O5. The van der Waals surface area contributed by atoms with Gasteiger partial charge in [0.2, 0.25) is 17.7 Å². The number of hydrogen-bond acceptors (Lipinski definition) is 7. The third-order valence-corrected chi connectivity index (χ3v) is 6.09. The van der Waals surface area contributed by atoms with E-state index in [1.54, 1.807) is 6.20 Å². The molecular weight excluding hydrogens is 468 g/mol. The summed E-state index contributed by atoms with van der Waals surface area (Å²) in [7, 11) is 0. The lowest BCUT2D eigenvalue weighted by atomic mass is 10.0. The molecule has 4 atom stereocenters. The lowest BCUT2D eigenvalue weighted by molar-refractivity contribution is -0.145. The number of hydrogen-bond donors (Lipinski definition) is 6. The molecule has 196 valence electrons. The van der Waals surface area contributed by atoms with Gasteiger partial charge in [-0.2, -0.15) is 0 Å². The number of rotatable bonds is 12. The normalized spacial score (nSPS) is 18.0. The average molecular weight is 503 g/mol. The Morgan fingerprint density at radius 2 is 1.69 bits per heavy atom. The fraction of sp³-hybridized carbons (Fsp3) is 0.565. The summed E-state index contributed by atoms with van der Waals surface area (Å²) in [6.07, 6.45) is 7.51. The number of aromatic amines is 2. The molecule has 0 aromatic carbocycles. The van der Waals surface area contributed by atoms with Gasteiger partial charge in [0.05, 0.1) is 18.7 Å². The average Bonchev–Trinajstić information content (AvgIpc) is 3.59. The number of imidazole rings is 2. The van der Waals surface area contributed by atoms with Gasteiger partial charge in [0.25, 0.3) is 0 Å². The van der Waals surface area contributed by atoms with Gasteiger partial charge in [-0.3, -0.25) is 14.4 Å². The summed E-state index contributed by atoms with van der Waals surface area (Å²) in [5.41, 5.74) is 7.22. The Morgan fingerprint density at radius 1 is 1.08 bits per heavy atom. The zero-order valence-corrected chi connectivity index (χ0v) is 20.4. The highest BCUT2D eigenvalue weighted by atomic mass is 16.4. The molecule has 1 fully saturated rings. The van der Waals surface area contributed by atoms with Crippen LogP contribution in [0.2, 0.25) is 0 Å². The predicted octanol–water partition coefficient (Wildman–Crippen LogP) is -0.663. The maximum atomic E-state index is 13.6. The van der Waals surface area contributed by atoms with Gasteiger partial charge in [-0.25, -0.2) is 14.8 Å². The number of nitrogens with one attached hydrogen (secondary N) is 4. The quantitative estimate of drug-likeness (QED) is 0.219. The van der Waals surface area contributed by atoms with Crippen molar-refractivity contribution < 1.29 is 24.3 Å². The predicted molar refractivity (Wildman–Crippen MR) is 128 cm³/mol. The first kappa shape index (κ1) is 26.9. The zero-order chi connectivity index (χ0) is 26.2. The molecule has 0 saturated carbocycles. The molecule has 0 radical (unpaired) electrons. The number of aliphatic carboxylic acids is 1. The van der Waals surface area contributed by atoms with E-state index in [1.807, 2.05) is 13.8 Å². The maximum Gasteiger partial charge on any atom is 0.326 e. The van der Waals surface area contributed by atoms with Gasteiger partial charge in [-0.05, 0) is 25.2 Å². The van der Waals surface area contributed by atoms with Crippen LogP contribution in [0.4, 0.5) is 0 Å². The van der Waals surface area contributed by atoms with Crippen LogP contribution in [0, 0.1) is 5.92 Å². The molecule has 0 spiro atoms. The van der Waals surface area contributed by atoms with E-state index < -0.39 is 47.9 Å². The highest BCUT2D eigenvalue weighted by Gasteiger charge is 2.39. The van der Waals surface area contributed by atoms with E-state index in [2.05, 4.69) is 30.6 Å². The van der Waals surface area contributed by atoms with Gasteiger partial charge in [-0.15, -0.1) is 0 Å². The van der Waals surface area contributed by atoms with Gasteiger partial charge in [0.15, 0.2) is 0 Å². The second-order valence-corrected chi connectivity index (χ2v) is 9.45. The Hall–Kier alpha value is -3.74. The molecule has 0 bridgehead atoms. The summed E-state index contributed by atoms with van der Waals surface area (Å²) in [5, 5.41) is 14.9. The van der Waals surface area contributed by atoms with E-state index in [1.165, 1.54) is 23.8 Å². The zero-order valence-electron chi connectivity index (χ0n) is 20.4. The smallest absolute Gasteiger partial charge is 0.326 e. The van der Waals surface area contributed by atoms with Crippen molar-refractivity contribution in [3.63, 3.8) is 0 Å². The molecule has 3 amide bonds. The highest BCUT2D eigenvalue weighted by molar-refractivity contribution is 5.94. The molecule has 1 aliphatic rings. The third kappa shape index (κ3) is 7.13. The highest BCUT2D eigenvalue weighted by Crippen LogP contribution is 2.20. The fourth-order valence-corrected chi connectivity index (χ4v) is 4.30. The minimum atomic E-state index is -1.20. The molecule has 7 N–H and O–H groups in total. The molecule has 13 nitrogen and oxygen atoms in total. The van der Waals surface area contributed by atoms with Gasteiger partial charge < -0.3 is 36.3 Å². The Balaban J connectivity index is 1.72. The third-order valence-electron chi connectivity index (χ3n) is 6.09. The standard InChI is InChI=1S/C23H34N8O5/c1-13(2)6-16(24)20(32)29-17(7-14-9-25-11-27-14)22(34)31-5-3-4-19(31)21(33)30-18(23(35)36)8-15-10-26-12-28-15/h9-13,16-19H,3-8,24H2,1-2H3,(H,25,27)(H,26,28)(H,29,32)(H,30,33)(H,35,36). The van der Waals surface area contributed by atoms with Gasteiger partial charge in [-0.1, -0.05) is 13.8 Å². The number of aromatic nitrogens is 4. The fourth-order valence-electron chi connectivity index (χ4n) is 4.30. The molecule has 36 heavy (non-hydrogen) atoms. The van der Waals surface area contributed by atoms with Crippen LogP contribution in [0.15, 0.2) is 25.0 Å². The Labute approximate surface area is 208 Å². The lowest BCUT2D eigenvalue weighted by Crippen LogP contribution is -2.57. The second-order valence-electron chi connectivity index (χ2n) is 9.45. The van der Waals surface area contributed by atoms with Crippen LogP contribution in [0.3, 0.4) is 0 Å². The number of carboxylic acids is 1. The largest absolute Gasteiger partial charge is 0.480 e. The maximum absolute atomic E-state index is 13.6. The SMILES string of the molecule is CC(C)CC(N)C(=O)NC(Cc1cnc[nH]1)C(=O)N1CCCC1C(=O)NC(Cc1cnc[nH]1)C(=O)O. The summed E-state index contributed by atoms with van der Waals surface area (Å²) in [6.45, 7) is 4.21. The van der Waals surface area contributed by atoms with E-state index in [0.29, 0.717) is 37.2 Å². The molecule has 2 aromatic rings. The summed E-state index contributed by atoms with van der Waals surface area (Å²) in [4.78, 5) is 66.1. The molecule has 4 unspecified atom stereocenters. The molecule has 13 heteroatoms. The number of carbonyl (C=O) groups excluding carboxylic acids is 3. The van der Waals surface area contributed by atoms with Crippen molar-refractivity contribution in [2.24, 2.45) is 11.7 Å². The molecule has 1 saturated heterocycles. The van der Waals surface area contributed by atoms with E-state index in [0.717, 1.165) is 0 Å². The summed E-state index contributed by atoms with van der Waals surface area (Å²) in [6, 6.07) is -3.79. The van der Waals surface area contributed by atoms with E-state index in [9.17, 15) is 24.3 Å². The minimum absolute atomic E-state index is 0.0218. The Kier molecular flexibility index (Phi) is 9.17. The monoisotopic (exact) mass is 502 g/mol. The van der Waals surface area contributed by atoms with Crippen LogP contribution in [0.5, 0.6) is 0 Å². The number of likely N-dealkylation sites (tertiary alicyclic amines) is 1. The number of carboxylic acid groups (broad SMARTS) is 1. The second kappa shape index (κ2) is 12.3. The van der Waals surface area contributed by atoms with Crippen LogP contribution in [0.25, 0.3) is 0 Å². The van der Waals surface area contributed by atoms with Crippen molar-refractivity contribution in [3.05, 3.63) is 36.4 Å². The number of nitrogens with two attached hydrogens (primary N) is 1. The van der Waals surface area contributed by atoms with Crippen molar-refractivity contribution >= 4 is 23.7 Å². The van der Waals surface area contributed by atoms with E-state index in [4.69, 9.17) is 5.73 Å². The number of H-pyrrole nitrogens is 2. The molecule has 0 aliphatic carbocycles. The van der Waals surface area contributed by atoms with Crippen LogP contribution in [-0.2, 0) is 32.0 Å². The summed E-state index contributed by atoms with van der Waals surface area (Å²) in [5.74, 6) is -2.45. The van der Waals surface area contributed by atoms with Crippen molar-refractivity contribution in [1.29, 1.82) is 0 Å². The van der Waals surface area contributed by atoms with Crippen LogP contribution < -0.4 is 16.4 Å².